The van der Waals surface area contributed by atoms with Gasteiger partial charge in [-0.2, -0.15) is 8.42 Å². The summed E-state index contributed by atoms with van der Waals surface area (Å²) in [6.45, 7) is 5.01. The van der Waals surface area contributed by atoms with Crippen molar-refractivity contribution in [2.45, 2.75) is 103 Å². The average Bonchev–Trinajstić information content (AvgIpc) is 2.70. The molecule has 0 saturated heterocycles. The number of hydrogen-bond acceptors (Lipinski definition) is 7. The molecule has 0 spiro atoms. The Kier molecular flexibility index (Phi) is 26.4. The molecule has 1 unspecified atom stereocenters. The maximum atomic E-state index is 11.6. The minimum atomic E-state index is -4.84. The van der Waals surface area contributed by atoms with E-state index < -0.39 is 41.6 Å². The second-order valence-corrected chi connectivity index (χ2v) is 10.7. The number of hydrogen-bond donors (Lipinski definition) is 4. The van der Waals surface area contributed by atoms with Crippen LogP contribution in [-0.4, -0.2) is 88.0 Å². The van der Waals surface area contributed by atoms with Crippen LogP contribution in [0.1, 0.15) is 97.3 Å². The average molecular weight is 545 g/mol. The molecule has 0 rings (SSSR count). The van der Waals surface area contributed by atoms with Crippen molar-refractivity contribution in [3.8, 4) is 0 Å². The summed E-state index contributed by atoms with van der Waals surface area (Å²) in [6, 6.07) is 0. The number of unbranched alkanes of at least 4 members (excludes halogenated alkanes) is 10. The zero-order valence-electron chi connectivity index (χ0n) is 19.7. The van der Waals surface area contributed by atoms with Gasteiger partial charge in [-0.05, 0) is 12.8 Å². The van der Waals surface area contributed by atoms with E-state index in [-0.39, 0.29) is 29.6 Å². The van der Waals surface area contributed by atoms with Gasteiger partial charge in [0.1, 0.15) is 0 Å². The van der Waals surface area contributed by atoms with Crippen molar-refractivity contribution in [3.63, 3.8) is 0 Å². The number of carboxylic acids is 2. The molecule has 0 amide bonds. The fraction of sp³-hybridized carbons (Fsp3) is 0.900. The molecule has 0 bridgehead atoms. The summed E-state index contributed by atoms with van der Waals surface area (Å²) >= 11 is 0. The Bertz CT molecular complexity index is 651. The number of carboxylic acid groups (broad SMARTS) is 2. The van der Waals surface area contributed by atoms with Crippen LogP contribution < -0.4 is 0 Å². The molecule has 34 heavy (non-hydrogen) atoms. The number of phosphoric ester groups is 1. The summed E-state index contributed by atoms with van der Waals surface area (Å²) in [6.07, 6.45) is 12.4. The van der Waals surface area contributed by atoms with Gasteiger partial charge in [-0.1, -0.05) is 78.1 Å². The third-order valence-electron chi connectivity index (χ3n) is 4.50. The van der Waals surface area contributed by atoms with Gasteiger partial charge < -0.3 is 15.1 Å². The van der Waals surface area contributed by atoms with Gasteiger partial charge in [0.05, 0.1) is 19.6 Å². The van der Waals surface area contributed by atoms with Gasteiger partial charge in [0.2, 0.25) is 0 Å². The Morgan fingerprint density at radius 1 is 0.794 bits per heavy atom. The van der Waals surface area contributed by atoms with E-state index in [9.17, 15) is 27.5 Å². The Morgan fingerprint density at radius 2 is 1.15 bits per heavy atom. The van der Waals surface area contributed by atoms with Crippen molar-refractivity contribution in [3.05, 3.63) is 0 Å². The molecule has 0 aliphatic heterocycles. The van der Waals surface area contributed by atoms with Crippen LogP contribution in [-0.2, 0) is 33.3 Å². The molecule has 4 N–H and O–H groups in total. The Labute approximate surface area is 225 Å². The van der Waals surface area contributed by atoms with Crippen LogP contribution in [0.15, 0.2) is 0 Å². The van der Waals surface area contributed by atoms with Gasteiger partial charge in [-0.25, -0.2) is 4.57 Å². The standard InChI is InChI=1S/C16H35O4P.C4H6O7S.Na.H/c1-3-5-7-9-11-13-15-19-21(17,18)20-16-14-12-10-8-6-4-2;5-3(6)1-2(4(7)8)12(9,10)11;;/h3-16H2,1-2H3,(H,17,18);2H,1H2,(H,5,6)(H,7,8)(H,9,10,11);;. The topological polar surface area (TPSA) is 185 Å². The molecule has 0 aromatic rings. The van der Waals surface area contributed by atoms with Crippen molar-refractivity contribution in [1.82, 2.24) is 0 Å². The second kappa shape index (κ2) is 23.4. The first-order valence-electron chi connectivity index (χ1n) is 11.4. The summed E-state index contributed by atoms with van der Waals surface area (Å²) < 4.78 is 50.2. The molecule has 0 heterocycles. The maximum absolute atomic E-state index is 11.6. The van der Waals surface area contributed by atoms with Crippen molar-refractivity contribution in [2.75, 3.05) is 13.2 Å². The Hall–Kier alpha value is -0.0400. The summed E-state index contributed by atoms with van der Waals surface area (Å²) in [5.74, 6) is -3.50. The van der Waals surface area contributed by atoms with Gasteiger partial charge in [0.25, 0.3) is 10.1 Å². The normalized spacial score (nSPS) is 12.2. The molecular formula is C20H42NaO11PS. The van der Waals surface area contributed by atoms with E-state index in [0.29, 0.717) is 13.2 Å². The Balaban J connectivity index is -0.000000632. The quantitative estimate of drug-likeness (QED) is 0.0751. The fourth-order valence-electron chi connectivity index (χ4n) is 2.64. The molecular weight excluding hydrogens is 502 g/mol. The van der Waals surface area contributed by atoms with Crippen molar-refractivity contribution in [1.29, 1.82) is 0 Å². The predicted molar refractivity (Wildman–Crippen MR) is 131 cm³/mol. The van der Waals surface area contributed by atoms with Crippen LogP contribution in [0.25, 0.3) is 0 Å². The molecule has 0 saturated carbocycles. The van der Waals surface area contributed by atoms with E-state index in [1.807, 2.05) is 0 Å². The first-order chi connectivity index (χ1) is 15.4. The molecule has 1 atom stereocenters. The zero-order valence-corrected chi connectivity index (χ0v) is 21.4. The first kappa shape index (κ1) is 38.5. The number of aliphatic carboxylic acids is 2. The SMILES string of the molecule is CCCCCCCCOP(=O)(O)OCCCCCCCC.O=C(O)CC(C(=O)O)S(=O)(=O)O.[NaH]. The summed E-state index contributed by atoms with van der Waals surface area (Å²) in [4.78, 5) is 29.5. The van der Waals surface area contributed by atoms with Crippen LogP contribution in [0.5, 0.6) is 0 Å². The molecule has 0 aromatic heterocycles. The molecule has 200 valence electrons. The second-order valence-electron chi connectivity index (χ2n) is 7.61. The van der Waals surface area contributed by atoms with E-state index in [1.54, 1.807) is 0 Å². The molecule has 14 heteroatoms. The molecule has 0 aromatic carbocycles. The summed E-state index contributed by atoms with van der Waals surface area (Å²) in [5.41, 5.74) is 0. The minimum absolute atomic E-state index is 0. The van der Waals surface area contributed by atoms with Crippen LogP contribution >= 0.6 is 7.82 Å². The van der Waals surface area contributed by atoms with Gasteiger partial charge in [0.15, 0.2) is 5.25 Å². The molecule has 0 fully saturated rings. The predicted octanol–water partition coefficient (Wildman–Crippen LogP) is 3.99. The Morgan fingerprint density at radius 3 is 1.41 bits per heavy atom. The van der Waals surface area contributed by atoms with Crippen molar-refractivity contribution >= 4 is 59.4 Å². The van der Waals surface area contributed by atoms with Crippen LogP contribution in [0.2, 0.25) is 0 Å². The summed E-state index contributed by atoms with van der Waals surface area (Å²) in [7, 11) is -8.65. The van der Waals surface area contributed by atoms with Crippen LogP contribution in [0.4, 0.5) is 0 Å². The third kappa shape index (κ3) is 26.6. The molecule has 0 radical (unpaired) electrons. The van der Waals surface area contributed by atoms with Crippen LogP contribution in [0, 0.1) is 0 Å². The number of phosphoric acid groups is 1. The van der Waals surface area contributed by atoms with E-state index in [0.717, 1.165) is 25.7 Å². The molecule has 11 nitrogen and oxygen atoms in total. The third-order valence-corrected chi connectivity index (χ3v) is 6.60. The van der Waals surface area contributed by atoms with E-state index in [2.05, 4.69) is 13.8 Å². The summed E-state index contributed by atoms with van der Waals surface area (Å²) in [5, 5.41) is 13.9. The number of rotatable bonds is 20. The molecule has 0 aliphatic carbocycles. The van der Waals surface area contributed by atoms with E-state index in [4.69, 9.17) is 23.8 Å². The zero-order chi connectivity index (χ0) is 25.8. The van der Waals surface area contributed by atoms with Crippen molar-refractivity contribution < 1.29 is 51.3 Å². The van der Waals surface area contributed by atoms with Gasteiger partial charge >= 0.3 is 49.3 Å². The van der Waals surface area contributed by atoms with Crippen LogP contribution in [0.3, 0.4) is 0 Å². The van der Waals surface area contributed by atoms with E-state index >= 15 is 0 Å². The number of carbonyl (C=O) groups is 2. The van der Waals surface area contributed by atoms with Gasteiger partial charge in [-0.3, -0.25) is 23.2 Å². The van der Waals surface area contributed by atoms with E-state index in [1.165, 1.54) is 51.4 Å². The first-order valence-corrected chi connectivity index (χ1v) is 14.4. The van der Waals surface area contributed by atoms with Gasteiger partial charge in [0, 0.05) is 0 Å². The van der Waals surface area contributed by atoms with Crippen molar-refractivity contribution in [2.24, 2.45) is 0 Å². The van der Waals surface area contributed by atoms with Gasteiger partial charge in [-0.15, -0.1) is 0 Å². The monoisotopic (exact) mass is 544 g/mol. The fourth-order valence-corrected chi connectivity index (χ4v) is 4.04. The molecule has 0 aliphatic rings.